The van der Waals surface area contributed by atoms with E-state index in [2.05, 4.69) is 9.97 Å². The van der Waals surface area contributed by atoms with Crippen LogP contribution in [0, 0.1) is 0 Å². The van der Waals surface area contributed by atoms with Crippen molar-refractivity contribution in [2.45, 2.75) is 23.9 Å². The minimum atomic E-state index is -3.83. The number of hydrogen-bond acceptors (Lipinski definition) is 5. The molecule has 0 aromatic carbocycles. The van der Waals surface area contributed by atoms with Crippen molar-refractivity contribution in [3.8, 4) is 0 Å². The number of carboxylic acids is 1. The summed E-state index contributed by atoms with van der Waals surface area (Å²) in [5.41, 5.74) is 1.80. The number of hydrogen-bond donors (Lipinski definition) is 2. The fraction of sp³-hybridized carbons (Fsp3) is 0.294. The molecule has 0 spiro atoms. The lowest BCUT2D eigenvalue weighted by molar-refractivity contribution is 0.0696. The number of furan rings is 1. The standard InChI is InChI=1S/C17H17N3O5S/c21-17(22)12-8-15(25-10-12)26(23,24)20-6-3-11(4-7-20)14-9-19-16-13(14)2-1-5-18-16/h1-2,5,8-11H,3-4,6-7H2,(H,18,19)(H,21,22). The molecule has 1 aliphatic heterocycles. The van der Waals surface area contributed by atoms with Gasteiger partial charge >= 0.3 is 5.97 Å². The monoisotopic (exact) mass is 375 g/mol. The van der Waals surface area contributed by atoms with E-state index in [0.717, 1.165) is 28.9 Å². The van der Waals surface area contributed by atoms with Gasteiger partial charge < -0.3 is 14.5 Å². The van der Waals surface area contributed by atoms with Crippen molar-refractivity contribution in [3.05, 3.63) is 48.0 Å². The van der Waals surface area contributed by atoms with Crippen LogP contribution in [0.3, 0.4) is 0 Å². The van der Waals surface area contributed by atoms with E-state index >= 15 is 0 Å². The number of aromatic amines is 1. The summed E-state index contributed by atoms with van der Waals surface area (Å²) in [7, 11) is -3.83. The van der Waals surface area contributed by atoms with Crippen LogP contribution in [0.1, 0.15) is 34.7 Å². The minimum absolute atomic E-state index is 0.176. The zero-order valence-corrected chi connectivity index (χ0v) is 14.6. The van der Waals surface area contributed by atoms with Gasteiger partial charge in [0.05, 0.1) is 5.56 Å². The van der Waals surface area contributed by atoms with Crippen LogP contribution in [0.2, 0.25) is 0 Å². The van der Waals surface area contributed by atoms with Gasteiger partial charge in [-0.1, -0.05) is 0 Å². The molecule has 0 radical (unpaired) electrons. The van der Waals surface area contributed by atoms with Gasteiger partial charge in [0.2, 0.25) is 5.09 Å². The predicted octanol–water partition coefficient (Wildman–Crippen LogP) is 2.42. The molecule has 1 fully saturated rings. The quantitative estimate of drug-likeness (QED) is 0.723. The molecule has 0 atom stereocenters. The Balaban J connectivity index is 1.51. The van der Waals surface area contributed by atoms with Crippen molar-refractivity contribution in [2.24, 2.45) is 0 Å². The first-order chi connectivity index (χ1) is 12.5. The fourth-order valence-electron chi connectivity index (χ4n) is 3.41. The lowest BCUT2D eigenvalue weighted by atomic mass is 9.90. The van der Waals surface area contributed by atoms with Gasteiger partial charge in [0, 0.05) is 36.9 Å². The summed E-state index contributed by atoms with van der Waals surface area (Å²) in [4.78, 5) is 18.4. The summed E-state index contributed by atoms with van der Waals surface area (Å²) in [5.74, 6) is -0.979. The van der Waals surface area contributed by atoms with Gasteiger partial charge in [-0.3, -0.25) is 0 Å². The number of nitrogens with zero attached hydrogens (tertiary/aromatic N) is 2. The highest BCUT2D eigenvalue weighted by Gasteiger charge is 2.33. The Kier molecular flexibility index (Phi) is 4.04. The molecule has 2 N–H and O–H groups in total. The molecule has 4 heterocycles. The van der Waals surface area contributed by atoms with Gasteiger partial charge in [0.1, 0.15) is 11.9 Å². The van der Waals surface area contributed by atoms with Crippen LogP contribution in [-0.2, 0) is 10.0 Å². The van der Waals surface area contributed by atoms with E-state index < -0.39 is 16.0 Å². The molecule has 0 amide bonds. The van der Waals surface area contributed by atoms with Crippen LogP contribution in [0.4, 0.5) is 0 Å². The Morgan fingerprint density at radius 2 is 2.12 bits per heavy atom. The largest absolute Gasteiger partial charge is 0.478 e. The maximum absolute atomic E-state index is 12.7. The van der Waals surface area contributed by atoms with E-state index in [4.69, 9.17) is 9.52 Å². The highest BCUT2D eigenvalue weighted by Crippen LogP contribution is 2.34. The Morgan fingerprint density at radius 1 is 1.35 bits per heavy atom. The van der Waals surface area contributed by atoms with E-state index in [1.54, 1.807) is 6.20 Å². The molecule has 26 heavy (non-hydrogen) atoms. The number of carbonyl (C=O) groups is 1. The normalized spacial score (nSPS) is 16.9. The zero-order valence-electron chi connectivity index (χ0n) is 13.8. The summed E-state index contributed by atoms with van der Waals surface area (Å²) >= 11 is 0. The van der Waals surface area contributed by atoms with Crippen molar-refractivity contribution in [1.82, 2.24) is 14.3 Å². The molecular formula is C17H17N3O5S. The second-order valence-corrected chi connectivity index (χ2v) is 8.15. The van der Waals surface area contributed by atoms with Gasteiger partial charge in [-0.2, -0.15) is 4.31 Å². The third-order valence-corrected chi connectivity index (χ3v) is 6.56. The van der Waals surface area contributed by atoms with Gasteiger partial charge in [0.25, 0.3) is 10.0 Å². The highest BCUT2D eigenvalue weighted by atomic mass is 32.2. The number of pyridine rings is 1. The molecule has 3 aromatic heterocycles. The van der Waals surface area contributed by atoms with Gasteiger partial charge in [-0.15, -0.1) is 0 Å². The highest BCUT2D eigenvalue weighted by molar-refractivity contribution is 7.89. The number of carboxylic acid groups (broad SMARTS) is 1. The molecule has 0 unspecified atom stereocenters. The number of aromatic nitrogens is 2. The summed E-state index contributed by atoms with van der Waals surface area (Å²) in [6.07, 6.45) is 5.97. The molecule has 0 saturated carbocycles. The number of piperidine rings is 1. The summed E-state index contributed by atoms with van der Waals surface area (Å²) in [6, 6.07) is 4.94. The Bertz CT molecular complexity index is 1060. The molecule has 1 aliphatic rings. The number of H-pyrrole nitrogens is 1. The lowest BCUT2D eigenvalue weighted by Crippen LogP contribution is -2.37. The zero-order chi connectivity index (χ0) is 18.3. The fourth-order valence-corrected chi connectivity index (χ4v) is 4.80. The topological polar surface area (TPSA) is 116 Å². The number of nitrogens with one attached hydrogen (secondary N) is 1. The second-order valence-electron chi connectivity index (χ2n) is 6.28. The number of sulfonamides is 1. The van der Waals surface area contributed by atoms with Crippen molar-refractivity contribution in [1.29, 1.82) is 0 Å². The van der Waals surface area contributed by atoms with Crippen molar-refractivity contribution < 1.29 is 22.7 Å². The van der Waals surface area contributed by atoms with E-state index in [-0.39, 0.29) is 16.6 Å². The maximum Gasteiger partial charge on any atom is 0.339 e. The molecule has 1 saturated heterocycles. The molecule has 3 aromatic rings. The summed E-state index contributed by atoms with van der Waals surface area (Å²) in [6.45, 7) is 0.700. The molecule has 0 bridgehead atoms. The Morgan fingerprint density at radius 3 is 2.81 bits per heavy atom. The van der Waals surface area contributed by atoms with E-state index in [1.165, 1.54) is 4.31 Å². The molecule has 136 valence electrons. The summed E-state index contributed by atoms with van der Waals surface area (Å²) < 4.78 is 31.6. The molecule has 4 rings (SSSR count). The van der Waals surface area contributed by atoms with Crippen molar-refractivity contribution in [3.63, 3.8) is 0 Å². The first kappa shape index (κ1) is 16.8. The third kappa shape index (κ3) is 2.78. The predicted molar refractivity (Wildman–Crippen MR) is 92.5 cm³/mol. The first-order valence-electron chi connectivity index (χ1n) is 8.21. The minimum Gasteiger partial charge on any atom is -0.478 e. The summed E-state index contributed by atoms with van der Waals surface area (Å²) in [5, 5.41) is 9.66. The number of rotatable bonds is 4. The molecule has 9 heteroatoms. The van der Waals surface area contributed by atoms with Crippen LogP contribution in [0.25, 0.3) is 11.0 Å². The average molecular weight is 375 g/mol. The van der Waals surface area contributed by atoms with Gasteiger partial charge in [-0.25, -0.2) is 18.2 Å². The SMILES string of the molecule is O=C(O)c1coc(S(=O)(=O)N2CCC(c3c[nH]c4ncccc34)CC2)c1. The van der Waals surface area contributed by atoms with Crippen molar-refractivity contribution in [2.75, 3.05) is 13.1 Å². The van der Waals surface area contributed by atoms with Crippen LogP contribution < -0.4 is 0 Å². The first-order valence-corrected chi connectivity index (χ1v) is 9.65. The van der Waals surface area contributed by atoms with Gasteiger partial charge in [-0.05, 0) is 36.5 Å². The van der Waals surface area contributed by atoms with Crippen LogP contribution in [0.15, 0.2) is 46.4 Å². The lowest BCUT2D eigenvalue weighted by Gasteiger charge is -2.30. The smallest absolute Gasteiger partial charge is 0.339 e. The maximum atomic E-state index is 12.7. The molecule has 8 nitrogen and oxygen atoms in total. The van der Waals surface area contributed by atoms with Crippen LogP contribution in [0.5, 0.6) is 0 Å². The Labute approximate surface area is 149 Å². The van der Waals surface area contributed by atoms with E-state index in [0.29, 0.717) is 25.9 Å². The third-order valence-electron chi connectivity index (χ3n) is 4.79. The second kappa shape index (κ2) is 6.26. The van der Waals surface area contributed by atoms with E-state index in [1.807, 2.05) is 18.3 Å². The average Bonchev–Trinajstić information content (AvgIpc) is 3.30. The number of aromatic carboxylic acids is 1. The Hall–Kier alpha value is -2.65. The van der Waals surface area contributed by atoms with Crippen LogP contribution in [-0.4, -0.2) is 46.9 Å². The van der Waals surface area contributed by atoms with E-state index in [9.17, 15) is 13.2 Å². The number of fused-ring (bicyclic) bond motifs is 1. The molecular weight excluding hydrogens is 358 g/mol. The van der Waals surface area contributed by atoms with Crippen LogP contribution >= 0.6 is 0 Å². The van der Waals surface area contributed by atoms with Gasteiger partial charge in [0.15, 0.2) is 0 Å². The molecule has 0 aliphatic carbocycles. The van der Waals surface area contributed by atoms with Crippen molar-refractivity contribution >= 4 is 27.0 Å².